The lowest BCUT2D eigenvalue weighted by molar-refractivity contribution is -0.154. The maximum Gasteiger partial charge on any atom is 0.411 e. The van der Waals surface area contributed by atoms with Gasteiger partial charge in [0.05, 0.1) is 13.7 Å². The summed E-state index contributed by atoms with van der Waals surface area (Å²) < 4.78 is 15.9. The molecule has 9 heteroatoms. The van der Waals surface area contributed by atoms with E-state index < -0.39 is 23.9 Å². The highest BCUT2D eigenvalue weighted by atomic mass is 16.5. The van der Waals surface area contributed by atoms with Crippen LogP contribution in [0.4, 0.5) is 10.5 Å². The van der Waals surface area contributed by atoms with Gasteiger partial charge in [-0.3, -0.25) is 14.9 Å². The molecular formula is C21H23NO8. The van der Waals surface area contributed by atoms with Gasteiger partial charge in [-0.2, -0.15) is 0 Å². The molecule has 2 aromatic rings. The Morgan fingerprint density at radius 2 is 1.80 bits per heavy atom. The van der Waals surface area contributed by atoms with Gasteiger partial charge in [0.15, 0.2) is 5.92 Å². The minimum atomic E-state index is -1.58. The van der Waals surface area contributed by atoms with E-state index in [9.17, 15) is 14.4 Å². The summed E-state index contributed by atoms with van der Waals surface area (Å²) in [6, 6.07) is 11.5. The lowest BCUT2D eigenvalue weighted by Gasteiger charge is -2.14. The van der Waals surface area contributed by atoms with Crippen molar-refractivity contribution in [2.75, 3.05) is 19.0 Å². The van der Waals surface area contributed by atoms with Crippen LogP contribution in [0.3, 0.4) is 0 Å². The van der Waals surface area contributed by atoms with Gasteiger partial charge in [-0.25, -0.2) is 4.79 Å². The molecule has 0 atom stereocenters. The Bertz CT molecular complexity index is 898. The summed E-state index contributed by atoms with van der Waals surface area (Å²) in [6.07, 6.45) is -0.912. The number of methoxy groups -OCH3 is 1. The first-order chi connectivity index (χ1) is 14.3. The number of rotatable bonds is 10. The second kappa shape index (κ2) is 10.7. The van der Waals surface area contributed by atoms with Crippen LogP contribution in [0.2, 0.25) is 0 Å². The van der Waals surface area contributed by atoms with E-state index in [0.717, 1.165) is 0 Å². The van der Waals surface area contributed by atoms with Gasteiger partial charge in [0.1, 0.15) is 18.1 Å². The predicted molar refractivity (Wildman–Crippen MR) is 107 cm³/mol. The van der Waals surface area contributed by atoms with E-state index in [1.807, 2.05) is 0 Å². The van der Waals surface area contributed by atoms with Gasteiger partial charge in [0, 0.05) is 17.3 Å². The van der Waals surface area contributed by atoms with Gasteiger partial charge in [0.25, 0.3) is 0 Å². The molecule has 0 radical (unpaired) electrons. The first-order valence-corrected chi connectivity index (χ1v) is 9.12. The van der Waals surface area contributed by atoms with Crippen LogP contribution in [-0.2, 0) is 27.4 Å². The average molecular weight is 417 g/mol. The number of carboxylic acid groups (broad SMARTS) is 2. The molecule has 160 valence electrons. The summed E-state index contributed by atoms with van der Waals surface area (Å²) in [5.74, 6) is -3.39. The highest BCUT2D eigenvalue weighted by molar-refractivity contribution is 5.93. The normalized spacial score (nSPS) is 10.4. The molecule has 0 aliphatic heterocycles. The van der Waals surface area contributed by atoms with E-state index >= 15 is 0 Å². The minimum absolute atomic E-state index is 0.149. The number of carboxylic acids is 2. The van der Waals surface area contributed by atoms with Crippen molar-refractivity contribution in [3.8, 4) is 11.5 Å². The second-order valence-corrected chi connectivity index (χ2v) is 6.24. The van der Waals surface area contributed by atoms with Crippen LogP contribution in [0.25, 0.3) is 0 Å². The van der Waals surface area contributed by atoms with Crippen LogP contribution < -0.4 is 14.8 Å². The largest absolute Gasteiger partial charge is 0.497 e. The zero-order valence-corrected chi connectivity index (χ0v) is 16.6. The Morgan fingerprint density at radius 1 is 1.07 bits per heavy atom. The van der Waals surface area contributed by atoms with Crippen LogP contribution in [0.5, 0.6) is 11.5 Å². The van der Waals surface area contributed by atoms with Gasteiger partial charge in [-0.15, -0.1) is 0 Å². The lowest BCUT2D eigenvalue weighted by Crippen LogP contribution is -2.25. The topological polar surface area (TPSA) is 131 Å². The number of anilines is 1. The van der Waals surface area contributed by atoms with Crippen molar-refractivity contribution >= 4 is 23.7 Å². The van der Waals surface area contributed by atoms with Crippen molar-refractivity contribution < 1.29 is 38.8 Å². The molecule has 0 unspecified atom stereocenters. The molecule has 0 bridgehead atoms. The Hall–Kier alpha value is -3.75. The third-order valence-corrected chi connectivity index (χ3v) is 4.14. The van der Waals surface area contributed by atoms with E-state index in [4.69, 9.17) is 24.4 Å². The minimum Gasteiger partial charge on any atom is -0.497 e. The second-order valence-electron chi connectivity index (χ2n) is 6.24. The summed E-state index contributed by atoms with van der Waals surface area (Å²) in [7, 11) is 1.51. The van der Waals surface area contributed by atoms with E-state index in [0.29, 0.717) is 34.9 Å². The van der Waals surface area contributed by atoms with Crippen molar-refractivity contribution in [1.29, 1.82) is 0 Å². The van der Waals surface area contributed by atoms with Crippen molar-refractivity contribution in [3.63, 3.8) is 0 Å². The van der Waals surface area contributed by atoms with Crippen molar-refractivity contribution in [3.05, 3.63) is 53.6 Å². The Kier molecular flexibility index (Phi) is 8.04. The number of ether oxygens (including phenoxy) is 3. The van der Waals surface area contributed by atoms with Crippen molar-refractivity contribution in [2.24, 2.45) is 5.92 Å². The number of carbonyl (C=O) groups is 3. The monoisotopic (exact) mass is 417 g/mol. The molecular weight excluding hydrogens is 394 g/mol. The molecule has 0 aliphatic carbocycles. The SMILES string of the molecule is CCOc1ccc(CC(C(=O)O)C(=O)O)cc1COC(=O)Nc1cccc(OC)c1. The maximum atomic E-state index is 12.1. The Balaban J connectivity index is 2.10. The molecule has 1 amide bonds. The number of nitrogens with one attached hydrogen (secondary N) is 1. The Labute approximate surface area is 173 Å². The number of amides is 1. The summed E-state index contributed by atoms with van der Waals surface area (Å²) >= 11 is 0. The number of aliphatic carboxylic acids is 2. The van der Waals surface area contributed by atoms with E-state index in [-0.39, 0.29) is 13.0 Å². The highest BCUT2D eigenvalue weighted by Crippen LogP contribution is 2.24. The molecule has 0 saturated heterocycles. The molecule has 2 rings (SSSR count). The Morgan fingerprint density at radius 3 is 2.43 bits per heavy atom. The molecule has 0 fully saturated rings. The summed E-state index contributed by atoms with van der Waals surface area (Å²) in [6.45, 7) is 2.01. The summed E-state index contributed by atoms with van der Waals surface area (Å²) in [5.41, 5.74) is 1.45. The zero-order valence-electron chi connectivity index (χ0n) is 16.6. The zero-order chi connectivity index (χ0) is 22.1. The third-order valence-electron chi connectivity index (χ3n) is 4.14. The quantitative estimate of drug-likeness (QED) is 0.502. The fraction of sp³-hybridized carbons (Fsp3) is 0.286. The molecule has 0 aliphatic rings. The lowest BCUT2D eigenvalue weighted by atomic mass is 9.98. The number of carbonyl (C=O) groups excluding carboxylic acids is 1. The van der Waals surface area contributed by atoms with Crippen LogP contribution in [-0.4, -0.2) is 42.0 Å². The summed E-state index contributed by atoms with van der Waals surface area (Å²) in [5, 5.41) is 20.7. The van der Waals surface area contributed by atoms with E-state index in [1.54, 1.807) is 49.4 Å². The first-order valence-electron chi connectivity index (χ1n) is 9.12. The molecule has 0 spiro atoms. The molecule has 30 heavy (non-hydrogen) atoms. The maximum absolute atomic E-state index is 12.1. The molecule has 3 N–H and O–H groups in total. The van der Waals surface area contributed by atoms with E-state index in [2.05, 4.69) is 5.32 Å². The van der Waals surface area contributed by atoms with Crippen LogP contribution in [0.1, 0.15) is 18.1 Å². The van der Waals surface area contributed by atoms with Gasteiger partial charge in [-0.05, 0) is 43.2 Å². The van der Waals surface area contributed by atoms with Crippen molar-refractivity contribution in [2.45, 2.75) is 20.0 Å². The van der Waals surface area contributed by atoms with Gasteiger partial charge >= 0.3 is 18.0 Å². The number of benzene rings is 2. The van der Waals surface area contributed by atoms with Gasteiger partial charge in [-0.1, -0.05) is 12.1 Å². The number of hydrogen-bond acceptors (Lipinski definition) is 6. The van der Waals surface area contributed by atoms with Crippen molar-refractivity contribution in [1.82, 2.24) is 0 Å². The molecule has 9 nitrogen and oxygen atoms in total. The molecule has 0 heterocycles. The average Bonchev–Trinajstić information content (AvgIpc) is 2.71. The fourth-order valence-corrected chi connectivity index (χ4v) is 2.68. The standard InChI is InChI=1S/C21H23NO8/c1-3-29-18-8-7-13(10-17(19(23)24)20(25)26)9-14(18)12-30-21(27)22-15-5-4-6-16(11-15)28-2/h4-9,11,17H,3,10,12H2,1-2H3,(H,22,27)(H,23,24)(H,25,26). The first kappa shape index (κ1) is 22.5. The highest BCUT2D eigenvalue weighted by Gasteiger charge is 2.26. The smallest absolute Gasteiger partial charge is 0.411 e. The molecule has 2 aromatic carbocycles. The molecule has 0 aromatic heterocycles. The van der Waals surface area contributed by atoms with Crippen LogP contribution in [0, 0.1) is 5.92 Å². The fourth-order valence-electron chi connectivity index (χ4n) is 2.68. The summed E-state index contributed by atoms with van der Waals surface area (Å²) in [4.78, 5) is 34.4. The van der Waals surface area contributed by atoms with Crippen LogP contribution in [0.15, 0.2) is 42.5 Å². The molecule has 0 saturated carbocycles. The predicted octanol–water partition coefficient (Wildman–Crippen LogP) is 3.17. The van der Waals surface area contributed by atoms with Gasteiger partial charge in [0.2, 0.25) is 0 Å². The van der Waals surface area contributed by atoms with Crippen LogP contribution >= 0.6 is 0 Å². The number of hydrogen-bond donors (Lipinski definition) is 3. The van der Waals surface area contributed by atoms with Gasteiger partial charge < -0.3 is 24.4 Å². The van der Waals surface area contributed by atoms with E-state index in [1.165, 1.54) is 7.11 Å². The third kappa shape index (κ3) is 6.40.